The third kappa shape index (κ3) is 1.93. The van der Waals surface area contributed by atoms with E-state index >= 15 is 0 Å². The largest absolute Gasteiger partial charge is 0.422 e. The molecule has 1 heterocycles. The molecule has 4 rings (SSSR count). The molecule has 0 unspecified atom stereocenters. The summed E-state index contributed by atoms with van der Waals surface area (Å²) in [5.74, 6) is 0.343. The van der Waals surface area contributed by atoms with Crippen molar-refractivity contribution in [1.29, 1.82) is 0 Å². The average molecular weight is 272 g/mol. The van der Waals surface area contributed by atoms with Gasteiger partial charge in [-0.3, -0.25) is 0 Å². The van der Waals surface area contributed by atoms with Crippen molar-refractivity contribution in [2.45, 2.75) is 0 Å². The summed E-state index contributed by atoms with van der Waals surface area (Å²) in [5, 5.41) is 1.99. The fraction of sp³-hybridized carbons (Fsp3) is 0. The van der Waals surface area contributed by atoms with Crippen LogP contribution >= 0.6 is 0 Å². The molecule has 0 radical (unpaired) electrons. The number of ether oxygens (including phenoxy) is 1. The lowest BCUT2D eigenvalue weighted by Crippen LogP contribution is -1.94. The quantitative estimate of drug-likeness (QED) is 0.609. The van der Waals surface area contributed by atoms with Gasteiger partial charge < -0.3 is 4.74 Å². The van der Waals surface area contributed by atoms with Gasteiger partial charge in [0.1, 0.15) is 5.76 Å². The zero-order valence-corrected chi connectivity index (χ0v) is 11.2. The number of cyclic esters (lactones) is 1. The smallest absolute Gasteiger partial charge is 0.344 e. The minimum absolute atomic E-state index is 0.274. The molecule has 0 bridgehead atoms. The van der Waals surface area contributed by atoms with Crippen molar-refractivity contribution in [3.8, 4) is 0 Å². The summed E-state index contributed by atoms with van der Waals surface area (Å²) in [6.45, 7) is 0. The van der Waals surface area contributed by atoms with Crippen LogP contribution in [0.5, 0.6) is 0 Å². The minimum Gasteiger partial charge on any atom is -0.422 e. The minimum atomic E-state index is -0.274. The van der Waals surface area contributed by atoms with Crippen LogP contribution in [0.2, 0.25) is 0 Å². The Morgan fingerprint density at radius 3 is 2.43 bits per heavy atom. The van der Waals surface area contributed by atoms with E-state index in [2.05, 4.69) is 0 Å². The van der Waals surface area contributed by atoms with Gasteiger partial charge in [0.25, 0.3) is 0 Å². The topological polar surface area (TPSA) is 26.3 Å². The highest BCUT2D eigenvalue weighted by molar-refractivity contribution is 6.14. The molecule has 0 amide bonds. The third-order valence-corrected chi connectivity index (χ3v) is 3.70. The third-order valence-electron chi connectivity index (χ3n) is 3.70. The van der Waals surface area contributed by atoms with E-state index in [9.17, 15) is 4.79 Å². The van der Waals surface area contributed by atoms with E-state index in [0.717, 1.165) is 21.9 Å². The molecule has 0 atom stereocenters. The second-order valence-corrected chi connectivity index (χ2v) is 5.02. The molecule has 100 valence electrons. The fourth-order valence-corrected chi connectivity index (χ4v) is 2.71. The van der Waals surface area contributed by atoms with E-state index in [1.807, 2.05) is 72.8 Å². The zero-order valence-electron chi connectivity index (χ0n) is 11.2. The molecule has 1 aliphatic rings. The number of rotatable bonds is 1. The lowest BCUT2D eigenvalue weighted by atomic mass is 9.99. The van der Waals surface area contributed by atoms with Crippen molar-refractivity contribution in [1.82, 2.24) is 0 Å². The first kappa shape index (κ1) is 11.9. The highest BCUT2D eigenvalue weighted by atomic mass is 16.5. The number of carbonyl (C=O) groups is 1. The number of hydrogen-bond donors (Lipinski definition) is 0. The van der Waals surface area contributed by atoms with Crippen LogP contribution in [0.4, 0.5) is 0 Å². The van der Waals surface area contributed by atoms with Crippen LogP contribution in [0.25, 0.3) is 22.6 Å². The second kappa shape index (κ2) is 4.60. The molecule has 0 spiro atoms. The Kier molecular flexibility index (Phi) is 2.61. The van der Waals surface area contributed by atoms with E-state index in [1.165, 1.54) is 0 Å². The van der Waals surface area contributed by atoms with Crippen LogP contribution < -0.4 is 0 Å². The van der Waals surface area contributed by atoms with Gasteiger partial charge in [-0.25, -0.2) is 4.79 Å². The lowest BCUT2D eigenvalue weighted by Gasteiger charge is -2.01. The predicted molar refractivity (Wildman–Crippen MR) is 83.7 cm³/mol. The molecule has 0 saturated carbocycles. The molecule has 2 heteroatoms. The van der Waals surface area contributed by atoms with Gasteiger partial charge in [-0.1, -0.05) is 60.7 Å². The van der Waals surface area contributed by atoms with Crippen molar-refractivity contribution in [2.75, 3.05) is 0 Å². The molecular formula is C19H12O2. The highest BCUT2D eigenvalue weighted by Gasteiger charge is 2.28. The SMILES string of the molecule is O=C1O/C(=C\c2ccccc2)c2ccc3ccccc3c21. The summed E-state index contributed by atoms with van der Waals surface area (Å²) in [4.78, 5) is 12.2. The summed E-state index contributed by atoms with van der Waals surface area (Å²) in [6, 6.07) is 21.7. The molecule has 0 saturated heterocycles. The number of hydrogen-bond acceptors (Lipinski definition) is 2. The van der Waals surface area contributed by atoms with Crippen molar-refractivity contribution in [2.24, 2.45) is 0 Å². The Bertz CT molecular complexity index is 876. The monoisotopic (exact) mass is 272 g/mol. The van der Waals surface area contributed by atoms with E-state index in [4.69, 9.17) is 4.74 Å². The lowest BCUT2D eigenvalue weighted by molar-refractivity contribution is 0.0719. The summed E-state index contributed by atoms with van der Waals surface area (Å²) in [6.07, 6.45) is 1.90. The van der Waals surface area contributed by atoms with Crippen molar-refractivity contribution < 1.29 is 9.53 Å². The maximum Gasteiger partial charge on any atom is 0.344 e. The van der Waals surface area contributed by atoms with Gasteiger partial charge in [0.05, 0.1) is 5.56 Å². The molecule has 0 N–H and O–H groups in total. The Balaban J connectivity index is 1.93. The second-order valence-electron chi connectivity index (χ2n) is 5.02. The average Bonchev–Trinajstić information content (AvgIpc) is 2.85. The first-order chi connectivity index (χ1) is 10.3. The van der Waals surface area contributed by atoms with Gasteiger partial charge in [0.2, 0.25) is 0 Å². The Morgan fingerprint density at radius 1 is 0.810 bits per heavy atom. The summed E-state index contributed by atoms with van der Waals surface area (Å²) in [7, 11) is 0. The number of carbonyl (C=O) groups excluding carboxylic acids is 1. The fourth-order valence-electron chi connectivity index (χ4n) is 2.71. The Morgan fingerprint density at radius 2 is 1.57 bits per heavy atom. The van der Waals surface area contributed by atoms with Crippen molar-refractivity contribution >= 4 is 28.6 Å². The summed E-state index contributed by atoms with van der Waals surface area (Å²) < 4.78 is 5.47. The highest BCUT2D eigenvalue weighted by Crippen LogP contribution is 2.35. The molecule has 0 aromatic heterocycles. The molecule has 0 fully saturated rings. The Labute approximate surface area is 122 Å². The van der Waals surface area contributed by atoms with Gasteiger partial charge in [-0.15, -0.1) is 0 Å². The first-order valence-corrected chi connectivity index (χ1v) is 6.84. The molecule has 21 heavy (non-hydrogen) atoms. The summed E-state index contributed by atoms with van der Waals surface area (Å²) in [5.41, 5.74) is 2.54. The Hall–Kier alpha value is -2.87. The van der Waals surface area contributed by atoms with Crippen LogP contribution in [-0.4, -0.2) is 5.97 Å². The van der Waals surface area contributed by atoms with Gasteiger partial charge in [0.15, 0.2) is 0 Å². The van der Waals surface area contributed by atoms with E-state index in [1.54, 1.807) is 0 Å². The first-order valence-electron chi connectivity index (χ1n) is 6.84. The number of benzene rings is 3. The van der Waals surface area contributed by atoms with E-state index < -0.39 is 0 Å². The number of fused-ring (bicyclic) bond motifs is 3. The van der Waals surface area contributed by atoms with Gasteiger partial charge in [0, 0.05) is 5.56 Å². The van der Waals surface area contributed by atoms with Gasteiger partial charge >= 0.3 is 5.97 Å². The normalized spacial score (nSPS) is 15.2. The predicted octanol–water partition coefficient (Wildman–Crippen LogP) is 4.51. The van der Waals surface area contributed by atoms with E-state index in [-0.39, 0.29) is 5.97 Å². The maximum absolute atomic E-state index is 12.2. The molecule has 2 nitrogen and oxygen atoms in total. The van der Waals surface area contributed by atoms with Crippen LogP contribution in [0.1, 0.15) is 21.5 Å². The molecule has 0 aliphatic carbocycles. The zero-order chi connectivity index (χ0) is 14.2. The standard InChI is InChI=1S/C19H12O2/c20-19-18-15-9-5-4-8-14(15)10-11-16(18)17(21-19)12-13-6-2-1-3-7-13/h1-12H/b17-12-. The van der Waals surface area contributed by atoms with Crippen molar-refractivity contribution in [3.05, 3.63) is 83.4 Å². The van der Waals surface area contributed by atoms with Crippen LogP contribution in [0.15, 0.2) is 66.7 Å². The molecule has 1 aliphatic heterocycles. The molecule has 3 aromatic rings. The number of esters is 1. The van der Waals surface area contributed by atoms with Crippen LogP contribution in [0.3, 0.4) is 0 Å². The van der Waals surface area contributed by atoms with E-state index in [0.29, 0.717) is 11.3 Å². The molecule has 3 aromatic carbocycles. The summed E-state index contributed by atoms with van der Waals surface area (Å²) >= 11 is 0. The van der Waals surface area contributed by atoms with Gasteiger partial charge in [-0.2, -0.15) is 0 Å². The molecular weight excluding hydrogens is 260 g/mol. The van der Waals surface area contributed by atoms with Crippen LogP contribution in [-0.2, 0) is 4.74 Å². The van der Waals surface area contributed by atoms with Crippen LogP contribution in [0, 0.1) is 0 Å². The van der Waals surface area contributed by atoms with Gasteiger partial charge in [-0.05, 0) is 28.5 Å². The van der Waals surface area contributed by atoms with Crippen molar-refractivity contribution in [3.63, 3.8) is 0 Å². The maximum atomic E-state index is 12.2.